The van der Waals surface area contributed by atoms with Crippen LogP contribution in [0.3, 0.4) is 0 Å². The number of rotatable bonds is 4. The molecule has 0 aromatic carbocycles. The smallest absolute Gasteiger partial charge is 0.407 e. The van der Waals surface area contributed by atoms with Gasteiger partial charge in [0.1, 0.15) is 5.60 Å². The minimum absolute atomic E-state index is 0.195. The highest BCUT2D eigenvalue weighted by Crippen LogP contribution is 2.14. The maximum Gasteiger partial charge on any atom is 0.407 e. The Balaban J connectivity index is 2.46. The van der Waals surface area contributed by atoms with Crippen molar-refractivity contribution in [1.29, 1.82) is 0 Å². The molecule has 0 saturated heterocycles. The number of ether oxygens (including phenoxy) is 1. The number of halogens is 2. The van der Waals surface area contributed by atoms with Gasteiger partial charge in [0.25, 0.3) is 0 Å². The molecule has 0 bridgehead atoms. The third-order valence-corrected chi connectivity index (χ3v) is 2.70. The first-order valence-corrected chi connectivity index (χ1v) is 6.99. The molecule has 1 heterocycles. The number of alkyl carbamates (subject to hydrolysis) is 1. The van der Waals surface area contributed by atoms with E-state index in [-0.39, 0.29) is 13.0 Å². The van der Waals surface area contributed by atoms with Crippen LogP contribution in [0, 0.1) is 5.95 Å². The fraction of sp³-hybridized carbons (Fsp3) is 0.538. The Bertz CT molecular complexity index is 477. The van der Waals surface area contributed by atoms with Crippen molar-refractivity contribution in [2.75, 3.05) is 6.54 Å². The second-order valence-corrected chi connectivity index (χ2v) is 6.37. The van der Waals surface area contributed by atoms with Crippen LogP contribution >= 0.6 is 15.9 Å². The zero-order valence-electron chi connectivity index (χ0n) is 11.7. The molecule has 7 heteroatoms. The van der Waals surface area contributed by atoms with E-state index in [1.54, 1.807) is 26.8 Å². The van der Waals surface area contributed by atoms with Crippen molar-refractivity contribution in [3.05, 3.63) is 28.2 Å². The number of carbonyl (C=O) groups is 1. The summed E-state index contributed by atoms with van der Waals surface area (Å²) in [6.07, 6.45) is 1.11. The zero-order valence-corrected chi connectivity index (χ0v) is 13.3. The predicted octanol–water partition coefficient (Wildman–Crippen LogP) is 2.38. The van der Waals surface area contributed by atoms with Gasteiger partial charge in [-0.15, -0.1) is 0 Å². The van der Waals surface area contributed by atoms with Gasteiger partial charge in [0.15, 0.2) is 0 Å². The number of pyridine rings is 1. The van der Waals surface area contributed by atoms with Crippen LogP contribution in [0.1, 0.15) is 26.3 Å². The molecule has 1 unspecified atom stereocenters. The van der Waals surface area contributed by atoms with Gasteiger partial charge in [-0.25, -0.2) is 9.78 Å². The van der Waals surface area contributed by atoms with Crippen molar-refractivity contribution in [3.8, 4) is 0 Å². The molecule has 0 aliphatic heterocycles. The molecule has 3 N–H and O–H groups in total. The average molecular weight is 348 g/mol. The van der Waals surface area contributed by atoms with E-state index in [0.717, 1.165) is 0 Å². The monoisotopic (exact) mass is 347 g/mol. The summed E-state index contributed by atoms with van der Waals surface area (Å²) in [5.41, 5.74) is 5.70. The van der Waals surface area contributed by atoms with Crippen molar-refractivity contribution in [2.45, 2.75) is 38.8 Å². The van der Waals surface area contributed by atoms with E-state index in [0.29, 0.717) is 10.0 Å². The molecule has 1 aromatic rings. The molecule has 1 amide bonds. The fourth-order valence-electron chi connectivity index (χ4n) is 1.49. The minimum Gasteiger partial charge on any atom is -0.444 e. The Hall–Kier alpha value is -1.21. The van der Waals surface area contributed by atoms with Gasteiger partial charge in [0, 0.05) is 28.8 Å². The van der Waals surface area contributed by atoms with Gasteiger partial charge >= 0.3 is 6.09 Å². The molecule has 0 radical (unpaired) electrons. The minimum atomic E-state index is -0.561. The molecule has 1 rings (SSSR count). The number of hydrogen-bond donors (Lipinski definition) is 2. The van der Waals surface area contributed by atoms with E-state index < -0.39 is 23.7 Å². The number of carbonyl (C=O) groups excluding carboxylic acids is 1. The Morgan fingerprint density at radius 3 is 2.85 bits per heavy atom. The Morgan fingerprint density at radius 1 is 1.60 bits per heavy atom. The maximum absolute atomic E-state index is 13.5. The van der Waals surface area contributed by atoms with Crippen molar-refractivity contribution >= 4 is 22.0 Å². The Labute approximate surface area is 126 Å². The lowest BCUT2D eigenvalue weighted by molar-refractivity contribution is 0.0524. The molecule has 0 aliphatic carbocycles. The zero-order chi connectivity index (χ0) is 15.3. The van der Waals surface area contributed by atoms with Gasteiger partial charge in [-0.3, -0.25) is 0 Å². The van der Waals surface area contributed by atoms with E-state index in [1.807, 2.05) is 0 Å². The molecule has 0 aliphatic rings. The lowest BCUT2D eigenvalue weighted by Gasteiger charge is -2.20. The Morgan fingerprint density at radius 2 is 2.25 bits per heavy atom. The molecule has 20 heavy (non-hydrogen) atoms. The van der Waals surface area contributed by atoms with Gasteiger partial charge in [-0.2, -0.15) is 4.39 Å². The van der Waals surface area contributed by atoms with E-state index in [9.17, 15) is 9.18 Å². The highest BCUT2D eigenvalue weighted by Gasteiger charge is 2.17. The van der Waals surface area contributed by atoms with E-state index in [1.165, 1.54) is 6.20 Å². The van der Waals surface area contributed by atoms with Crippen LogP contribution in [0.15, 0.2) is 16.7 Å². The summed E-state index contributed by atoms with van der Waals surface area (Å²) in [5, 5.41) is 2.55. The molecule has 0 fully saturated rings. The highest BCUT2D eigenvalue weighted by molar-refractivity contribution is 9.10. The highest BCUT2D eigenvalue weighted by atomic mass is 79.9. The summed E-state index contributed by atoms with van der Waals surface area (Å²) >= 11 is 3.22. The van der Waals surface area contributed by atoms with E-state index in [4.69, 9.17) is 10.5 Å². The second kappa shape index (κ2) is 6.99. The number of nitrogens with one attached hydrogen (secondary N) is 1. The van der Waals surface area contributed by atoms with Crippen LogP contribution in [-0.4, -0.2) is 29.3 Å². The first-order valence-electron chi connectivity index (χ1n) is 6.20. The molecule has 0 saturated carbocycles. The molecule has 1 atom stereocenters. The predicted molar refractivity (Wildman–Crippen MR) is 77.8 cm³/mol. The van der Waals surface area contributed by atoms with Crippen LogP contribution in [0.25, 0.3) is 0 Å². The summed E-state index contributed by atoms with van der Waals surface area (Å²) in [7, 11) is 0. The number of nitrogens with two attached hydrogens (primary N) is 1. The standard InChI is InChI=1S/C13H19BrFN3O2/c1-13(2,3)20-12(19)18-7-10(16)5-8-4-9(14)6-17-11(8)15/h4,6,10H,5,7,16H2,1-3H3,(H,18,19). The van der Waals surface area contributed by atoms with Crippen molar-refractivity contribution < 1.29 is 13.9 Å². The van der Waals surface area contributed by atoms with Crippen molar-refractivity contribution in [2.24, 2.45) is 5.73 Å². The number of amides is 1. The Kier molecular flexibility index (Phi) is 5.88. The van der Waals surface area contributed by atoms with Crippen LogP contribution in [0.5, 0.6) is 0 Å². The number of aromatic nitrogens is 1. The van der Waals surface area contributed by atoms with Crippen molar-refractivity contribution in [3.63, 3.8) is 0 Å². The third kappa shape index (κ3) is 6.29. The second-order valence-electron chi connectivity index (χ2n) is 5.45. The van der Waals surface area contributed by atoms with Gasteiger partial charge in [0.2, 0.25) is 5.95 Å². The van der Waals surface area contributed by atoms with Crippen molar-refractivity contribution in [1.82, 2.24) is 10.3 Å². The van der Waals surface area contributed by atoms with Gasteiger partial charge < -0.3 is 15.8 Å². The lowest BCUT2D eigenvalue weighted by atomic mass is 10.1. The summed E-state index contributed by atoms with van der Waals surface area (Å²) in [4.78, 5) is 15.0. The van der Waals surface area contributed by atoms with E-state index >= 15 is 0 Å². The summed E-state index contributed by atoms with van der Waals surface area (Å²) in [6, 6.07) is 1.20. The molecule has 5 nitrogen and oxygen atoms in total. The summed E-state index contributed by atoms with van der Waals surface area (Å²) in [6.45, 7) is 5.51. The fourth-order valence-corrected chi connectivity index (χ4v) is 1.87. The molecule has 0 spiro atoms. The van der Waals surface area contributed by atoms with E-state index in [2.05, 4.69) is 26.2 Å². The van der Waals surface area contributed by atoms with Crippen LogP contribution in [0.4, 0.5) is 9.18 Å². The average Bonchev–Trinajstić information content (AvgIpc) is 2.29. The summed E-state index contributed by atoms with van der Waals surface area (Å²) < 4.78 is 19.2. The van der Waals surface area contributed by atoms with Gasteiger partial charge in [0.05, 0.1) is 0 Å². The van der Waals surface area contributed by atoms with Crippen LogP contribution in [-0.2, 0) is 11.2 Å². The molecular weight excluding hydrogens is 329 g/mol. The topological polar surface area (TPSA) is 77.2 Å². The normalized spacial score (nSPS) is 12.9. The quantitative estimate of drug-likeness (QED) is 0.819. The summed E-state index contributed by atoms with van der Waals surface area (Å²) in [5.74, 6) is -0.555. The van der Waals surface area contributed by atoms with Crippen LogP contribution < -0.4 is 11.1 Å². The number of hydrogen-bond acceptors (Lipinski definition) is 4. The largest absolute Gasteiger partial charge is 0.444 e. The molecular formula is C13H19BrFN3O2. The SMILES string of the molecule is CC(C)(C)OC(=O)NCC(N)Cc1cc(Br)cnc1F. The first-order chi connectivity index (χ1) is 9.17. The first kappa shape index (κ1) is 16.8. The number of nitrogens with zero attached hydrogens (tertiary/aromatic N) is 1. The molecule has 1 aromatic heterocycles. The molecule has 112 valence electrons. The van der Waals surface area contributed by atoms with Gasteiger partial charge in [-0.1, -0.05) is 0 Å². The van der Waals surface area contributed by atoms with Gasteiger partial charge in [-0.05, 0) is 49.2 Å². The third-order valence-electron chi connectivity index (χ3n) is 2.27. The maximum atomic E-state index is 13.5. The lowest BCUT2D eigenvalue weighted by Crippen LogP contribution is -2.41. The van der Waals surface area contributed by atoms with Crippen LogP contribution in [0.2, 0.25) is 0 Å².